The van der Waals surface area contributed by atoms with Gasteiger partial charge in [-0.05, 0) is 76.5 Å². The Balaban J connectivity index is 1.51. The fraction of sp³-hybridized carbons (Fsp3) is 0.571. The van der Waals surface area contributed by atoms with Crippen molar-refractivity contribution in [2.75, 3.05) is 18.4 Å². The van der Waals surface area contributed by atoms with Gasteiger partial charge >= 0.3 is 11.7 Å². The third-order valence-electron chi connectivity index (χ3n) is 6.67. The first kappa shape index (κ1) is 25.1. The van der Waals surface area contributed by atoms with Gasteiger partial charge in [-0.1, -0.05) is 25.0 Å². The Morgan fingerprint density at radius 3 is 2.60 bits per heavy atom. The highest BCUT2D eigenvalue weighted by Crippen LogP contribution is 2.49. The second-order valence-corrected chi connectivity index (χ2v) is 10.8. The van der Waals surface area contributed by atoms with Crippen LogP contribution in [0.15, 0.2) is 33.5 Å². The number of carbonyl (C=O) groups is 1. The number of hydrogen-bond donors (Lipinski definition) is 3. The second kappa shape index (κ2) is 10.8. The van der Waals surface area contributed by atoms with Crippen molar-refractivity contribution in [3.63, 3.8) is 0 Å². The number of carbonyl (C=O) groups excluding carboxylic acids is 1. The SMILES string of the molecule is CC(C)(C)OC(=O)NCCNc1cccc(C(c2c(O)c3c(oc2=O)CCCCCC3)C2CC2)c1. The summed E-state index contributed by atoms with van der Waals surface area (Å²) in [6, 6.07) is 7.97. The van der Waals surface area contributed by atoms with Gasteiger partial charge in [0, 0.05) is 36.7 Å². The molecule has 7 heteroatoms. The molecule has 0 bridgehead atoms. The van der Waals surface area contributed by atoms with Gasteiger partial charge in [0.1, 0.15) is 17.1 Å². The van der Waals surface area contributed by atoms with Crippen LogP contribution in [0.5, 0.6) is 5.75 Å². The Bertz CT molecular complexity index is 1100. The highest BCUT2D eigenvalue weighted by atomic mass is 16.6. The van der Waals surface area contributed by atoms with Gasteiger partial charge in [-0.25, -0.2) is 9.59 Å². The van der Waals surface area contributed by atoms with E-state index in [0.717, 1.165) is 61.8 Å². The highest BCUT2D eigenvalue weighted by molar-refractivity contribution is 5.67. The molecule has 35 heavy (non-hydrogen) atoms. The lowest BCUT2D eigenvalue weighted by Crippen LogP contribution is -2.35. The molecule has 2 aliphatic rings. The summed E-state index contributed by atoms with van der Waals surface area (Å²) in [5.41, 5.74) is 2.19. The largest absolute Gasteiger partial charge is 0.507 e. The molecule has 1 saturated carbocycles. The Morgan fingerprint density at radius 1 is 1.14 bits per heavy atom. The number of benzene rings is 1. The number of aryl methyl sites for hydroxylation is 1. The molecule has 1 unspecified atom stereocenters. The average Bonchev–Trinajstić information content (AvgIpc) is 3.60. The molecule has 1 aromatic carbocycles. The van der Waals surface area contributed by atoms with Crippen LogP contribution in [0, 0.1) is 5.92 Å². The second-order valence-electron chi connectivity index (χ2n) is 10.8. The van der Waals surface area contributed by atoms with E-state index in [0.29, 0.717) is 36.8 Å². The molecule has 1 aromatic heterocycles. The van der Waals surface area contributed by atoms with E-state index < -0.39 is 17.3 Å². The smallest absolute Gasteiger partial charge is 0.407 e. The fourth-order valence-corrected chi connectivity index (χ4v) is 4.93. The summed E-state index contributed by atoms with van der Waals surface area (Å²) in [4.78, 5) is 25.0. The van der Waals surface area contributed by atoms with E-state index >= 15 is 0 Å². The molecular formula is C28H38N2O5. The molecule has 1 fully saturated rings. The van der Waals surface area contributed by atoms with Gasteiger partial charge in [0.2, 0.25) is 0 Å². The average molecular weight is 483 g/mol. The maximum absolute atomic E-state index is 13.1. The number of rotatable bonds is 7. The highest BCUT2D eigenvalue weighted by Gasteiger charge is 2.38. The minimum Gasteiger partial charge on any atom is -0.507 e. The molecule has 1 heterocycles. The number of fused-ring (bicyclic) bond motifs is 1. The number of amides is 1. The zero-order valence-electron chi connectivity index (χ0n) is 21.1. The van der Waals surface area contributed by atoms with Crippen LogP contribution >= 0.6 is 0 Å². The summed E-state index contributed by atoms with van der Waals surface area (Å²) >= 11 is 0. The zero-order chi connectivity index (χ0) is 25.0. The molecule has 2 aliphatic carbocycles. The van der Waals surface area contributed by atoms with Crippen LogP contribution in [-0.4, -0.2) is 29.9 Å². The number of nitrogens with one attached hydrogen (secondary N) is 2. The van der Waals surface area contributed by atoms with Crippen molar-refractivity contribution in [1.82, 2.24) is 5.32 Å². The summed E-state index contributed by atoms with van der Waals surface area (Å²) < 4.78 is 11.1. The zero-order valence-corrected chi connectivity index (χ0v) is 21.1. The van der Waals surface area contributed by atoms with Crippen LogP contribution in [0.25, 0.3) is 0 Å². The first-order chi connectivity index (χ1) is 16.7. The van der Waals surface area contributed by atoms with E-state index in [1.54, 1.807) is 0 Å². The Hall–Kier alpha value is -2.96. The number of alkyl carbamates (subject to hydrolysis) is 1. The van der Waals surface area contributed by atoms with Crippen LogP contribution in [-0.2, 0) is 17.6 Å². The van der Waals surface area contributed by atoms with Crippen LogP contribution in [0.1, 0.15) is 87.7 Å². The van der Waals surface area contributed by atoms with Gasteiger partial charge in [-0.2, -0.15) is 0 Å². The molecule has 1 amide bonds. The standard InChI is InChI=1S/C28H38N2O5/c1-28(2,3)35-27(33)30-16-15-29-20-10-8-9-19(17-20)23(18-13-14-18)24-25(31)21-11-6-4-5-7-12-22(21)34-26(24)32/h8-10,17-18,23,29,31H,4-7,11-16H2,1-3H3,(H,30,33). The molecule has 0 saturated heterocycles. The van der Waals surface area contributed by atoms with Crippen molar-refractivity contribution >= 4 is 11.8 Å². The molecular weight excluding hydrogens is 444 g/mol. The summed E-state index contributed by atoms with van der Waals surface area (Å²) in [5.74, 6) is 0.941. The van der Waals surface area contributed by atoms with Crippen molar-refractivity contribution < 1.29 is 19.1 Å². The van der Waals surface area contributed by atoms with E-state index in [9.17, 15) is 14.7 Å². The van der Waals surface area contributed by atoms with Gasteiger partial charge in [0.05, 0.1) is 5.56 Å². The van der Waals surface area contributed by atoms with E-state index in [4.69, 9.17) is 9.15 Å². The van der Waals surface area contributed by atoms with Gasteiger partial charge in [0.15, 0.2) is 0 Å². The Morgan fingerprint density at radius 2 is 1.89 bits per heavy atom. The van der Waals surface area contributed by atoms with E-state index in [1.807, 2.05) is 45.0 Å². The lowest BCUT2D eigenvalue weighted by atomic mass is 9.85. The van der Waals surface area contributed by atoms with Gasteiger partial charge < -0.3 is 24.9 Å². The number of hydrogen-bond acceptors (Lipinski definition) is 6. The lowest BCUT2D eigenvalue weighted by molar-refractivity contribution is 0.0530. The Kier molecular flexibility index (Phi) is 7.72. The quantitative estimate of drug-likeness (QED) is 0.452. The van der Waals surface area contributed by atoms with Crippen LogP contribution in [0.4, 0.5) is 10.5 Å². The summed E-state index contributed by atoms with van der Waals surface area (Å²) in [5, 5.41) is 17.4. The third-order valence-corrected chi connectivity index (χ3v) is 6.67. The predicted octanol–water partition coefficient (Wildman–Crippen LogP) is 5.48. The van der Waals surface area contributed by atoms with Gasteiger partial charge in [-0.15, -0.1) is 0 Å². The monoisotopic (exact) mass is 482 g/mol. The van der Waals surface area contributed by atoms with E-state index in [-0.39, 0.29) is 11.7 Å². The van der Waals surface area contributed by atoms with Crippen LogP contribution < -0.4 is 16.3 Å². The molecule has 2 aromatic rings. The normalized spacial score (nSPS) is 17.0. The first-order valence-electron chi connectivity index (χ1n) is 12.9. The topological polar surface area (TPSA) is 101 Å². The maximum Gasteiger partial charge on any atom is 0.407 e. The van der Waals surface area contributed by atoms with Crippen molar-refractivity contribution in [2.24, 2.45) is 5.92 Å². The van der Waals surface area contributed by atoms with Gasteiger partial charge in [-0.3, -0.25) is 0 Å². The third kappa shape index (κ3) is 6.59. The first-order valence-corrected chi connectivity index (χ1v) is 12.9. The van der Waals surface area contributed by atoms with Crippen molar-refractivity contribution in [2.45, 2.75) is 83.7 Å². The molecule has 3 N–H and O–H groups in total. The summed E-state index contributed by atoms with van der Waals surface area (Å²) in [6.45, 7) is 6.44. The van der Waals surface area contributed by atoms with Crippen LogP contribution in [0.3, 0.4) is 0 Å². The van der Waals surface area contributed by atoms with Crippen molar-refractivity contribution in [3.05, 3.63) is 57.1 Å². The molecule has 0 radical (unpaired) electrons. The predicted molar refractivity (Wildman–Crippen MR) is 136 cm³/mol. The lowest BCUT2D eigenvalue weighted by Gasteiger charge is -2.22. The number of anilines is 1. The molecule has 0 aliphatic heterocycles. The maximum atomic E-state index is 13.1. The van der Waals surface area contributed by atoms with Crippen molar-refractivity contribution in [1.29, 1.82) is 0 Å². The minimum atomic E-state index is -0.531. The minimum absolute atomic E-state index is 0.148. The van der Waals surface area contributed by atoms with E-state index in [2.05, 4.69) is 10.6 Å². The number of aromatic hydroxyl groups is 1. The fourth-order valence-electron chi connectivity index (χ4n) is 4.93. The summed E-state index contributed by atoms with van der Waals surface area (Å²) in [7, 11) is 0. The molecule has 0 spiro atoms. The van der Waals surface area contributed by atoms with Crippen LogP contribution in [0.2, 0.25) is 0 Å². The van der Waals surface area contributed by atoms with Gasteiger partial charge in [0.25, 0.3) is 0 Å². The molecule has 7 nitrogen and oxygen atoms in total. The molecule has 4 rings (SSSR count). The number of ether oxygens (including phenoxy) is 1. The van der Waals surface area contributed by atoms with Crippen molar-refractivity contribution in [3.8, 4) is 5.75 Å². The summed E-state index contributed by atoms with van der Waals surface area (Å²) in [6.07, 6.45) is 7.32. The molecule has 1 atom stereocenters. The van der Waals surface area contributed by atoms with E-state index in [1.165, 1.54) is 0 Å². The molecule has 190 valence electrons. The Labute approximate surface area is 207 Å².